The number of carbonyl (C=O) groups is 1. The summed E-state index contributed by atoms with van der Waals surface area (Å²) < 4.78 is 8.41. The molecular weight excluding hydrogens is 308 g/mol. The van der Waals surface area contributed by atoms with Gasteiger partial charge in [0.05, 0.1) is 5.04 Å². The first-order chi connectivity index (χ1) is 9.76. The van der Waals surface area contributed by atoms with Crippen molar-refractivity contribution in [2.24, 2.45) is 0 Å². The molecule has 1 aromatic carbocycles. The molecule has 0 unspecified atom stereocenters. The van der Waals surface area contributed by atoms with Gasteiger partial charge in [0.2, 0.25) is 0 Å². The fourth-order valence-electron chi connectivity index (χ4n) is 1.45. The third kappa shape index (κ3) is 5.61. The minimum Gasteiger partial charge on any atom is -0.478 e. The minimum absolute atomic E-state index is 0.549. The summed E-state index contributed by atoms with van der Waals surface area (Å²) in [6.07, 6.45) is 0. The van der Waals surface area contributed by atoms with Crippen molar-refractivity contribution in [1.29, 1.82) is 5.41 Å². The molecule has 0 aromatic heterocycles. The second-order valence-corrected chi connectivity index (χ2v) is 7.02. The number of hydrogen-bond donors (Lipinski definition) is 3. The van der Waals surface area contributed by atoms with Crippen molar-refractivity contribution in [3.63, 3.8) is 0 Å². The van der Waals surface area contributed by atoms with Crippen molar-refractivity contribution in [2.45, 2.75) is 31.3 Å². The Morgan fingerprint density at radius 2 is 2.14 bits per heavy atom. The van der Waals surface area contributed by atoms with Crippen LogP contribution in [-0.4, -0.2) is 34.5 Å². The number of carboxylic acid groups (broad SMARTS) is 1. The van der Waals surface area contributed by atoms with Gasteiger partial charge in [-0.2, -0.15) is 0 Å². The normalized spacial score (nSPS) is 11.2. The predicted octanol–water partition coefficient (Wildman–Crippen LogP) is 3.17. The molecule has 5 nitrogen and oxygen atoms in total. The molecule has 0 aliphatic rings. The largest absolute Gasteiger partial charge is 0.478 e. The van der Waals surface area contributed by atoms with Gasteiger partial charge in [-0.05, 0) is 63.5 Å². The fraction of sp³-hybridized carbons (Fsp3) is 0.429. The van der Waals surface area contributed by atoms with Crippen molar-refractivity contribution in [1.82, 2.24) is 4.72 Å². The van der Waals surface area contributed by atoms with Crippen LogP contribution in [0.15, 0.2) is 23.1 Å². The summed E-state index contributed by atoms with van der Waals surface area (Å²) in [4.78, 5) is 12.1. The molecule has 1 rings (SSSR count). The highest BCUT2D eigenvalue weighted by atomic mass is 32.2. The van der Waals surface area contributed by atoms with Crippen LogP contribution in [0, 0.1) is 12.3 Å². The van der Waals surface area contributed by atoms with Gasteiger partial charge < -0.3 is 9.84 Å². The van der Waals surface area contributed by atoms with Crippen LogP contribution in [0.25, 0.3) is 0 Å². The van der Waals surface area contributed by atoms with Gasteiger partial charge in [0.25, 0.3) is 0 Å². The van der Waals surface area contributed by atoms with E-state index in [0.29, 0.717) is 16.5 Å². The third-order valence-electron chi connectivity index (χ3n) is 2.62. The molecule has 0 saturated heterocycles. The van der Waals surface area contributed by atoms with E-state index in [4.69, 9.17) is 15.3 Å². The van der Waals surface area contributed by atoms with E-state index >= 15 is 0 Å². The van der Waals surface area contributed by atoms with Gasteiger partial charge in [0, 0.05) is 10.6 Å². The molecule has 0 amide bonds. The van der Waals surface area contributed by atoms with Gasteiger partial charge in [-0.25, -0.2) is 4.79 Å². The lowest BCUT2D eigenvalue weighted by atomic mass is 10.1. The molecule has 7 heteroatoms. The molecule has 0 atom stereocenters. The smallest absolute Gasteiger partial charge is 0.347 e. The van der Waals surface area contributed by atoms with E-state index in [-0.39, 0.29) is 0 Å². The zero-order chi connectivity index (χ0) is 16.0. The van der Waals surface area contributed by atoms with Crippen molar-refractivity contribution < 1.29 is 14.6 Å². The number of aliphatic carboxylic acids is 1. The number of aryl methyl sites for hydroxylation is 1. The van der Waals surface area contributed by atoms with Crippen LogP contribution in [0.4, 0.5) is 0 Å². The SMILES string of the molecule is CNSC(=N)CSc1ccc(OC(C)(C)C(=O)O)c(C)c1. The molecule has 0 radical (unpaired) electrons. The molecule has 0 saturated carbocycles. The van der Waals surface area contributed by atoms with Crippen LogP contribution >= 0.6 is 23.7 Å². The zero-order valence-corrected chi connectivity index (χ0v) is 14.2. The maximum atomic E-state index is 11.1. The molecule has 0 aliphatic carbocycles. The number of hydrogen-bond acceptors (Lipinski definition) is 6. The molecular formula is C14H20N2O3S2. The molecule has 0 aliphatic heterocycles. The maximum absolute atomic E-state index is 11.1. The number of thioether (sulfide) groups is 1. The van der Waals surface area contributed by atoms with Gasteiger partial charge in [-0.15, -0.1) is 11.8 Å². The predicted molar refractivity (Wildman–Crippen MR) is 88.6 cm³/mol. The average Bonchev–Trinajstić information content (AvgIpc) is 2.39. The summed E-state index contributed by atoms with van der Waals surface area (Å²) in [6.45, 7) is 4.92. The van der Waals surface area contributed by atoms with E-state index < -0.39 is 11.6 Å². The van der Waals surface area contributed by atoms with Crippen LogP contribution in [-0.2, 0) is 4.79 Å². The van der Waals surface area contributed by atoms with E-state index in [1.807, 2.05) is 19.1 Å². The summed E-state index contributed by atoms with van der Waals surface area (Å²) in [5.74, 6) is 0.149. The molecule has 116 valence electrons. The molecule has 1 aromatic rings. The summed E-state index contributed by atoms with van der Waals surface area (Å²) >= 11 is 2.85. The van der Waals surface area contributed by atoms with Crippen molar-refractivity contribution in [2.75, 3.05) is 12.8 Å². The highest BCUT2D eigenvalue weighted by Crippen LogP contribution is 2.28. The van der Waals surface area contributed by atoms with Gasteiger partial charge >= 0.3 is 5.97 Å². The summed E-state index contributed by atoms with van der Waals surface area (Å²) in [5, 5.41) is 17.3. The molecule has 21 heavy (non-hydrogen) atoms. The topological polar surface area (TPSA) is 82.4 Å². The number of ether oxygens (including phenoxy) is 1. The van der Waals surface area contributed by atoms with Crippen LogP contribution in [0.3, 0.4) is 0 Å². The van der Waals surface area contributed by atoms with E-state index in [9.17, 15) is 4.79 Å². The molecule has 0 fully saturated rings. The summed E-state index contributed by atoms with van der Waals surface area (Å²) in [7, 11) is 1.78. The van der Waals surface area contributed by atoms with Gasteiger partial charge in [-0.3, -0.25) is 10.1 Å². The Kier molecular flexibility index (Phi) is 6.57. The van der Waals surface area contributed by atoms with Crippen molar-refractivity contribution >= 4 is 34.7 Å². The number of carboxylic acids is 1. The Labute approximate surface area is 133 Å². The number of rotatable bonds is 7. The lowest BCUT2D eigenvalue weighted by Crippen LogP contribution is -2.38. The van der Waals surface area contributed by atoms with Gasteiger partial charge in [0.1, 0.15) is 5.75 Å². The second-order valence-electron chi connectivity index (χ2n) is 4.86. The van der Waals surface area contributed by atoms with E-state index in [1.54, 1.807) is 24.9 Å². The first-order valence-electron chi connectivity index (χ1n) is 6.33. The number of nitrogens with one attached hydrogen (secondary N) is 2. The number of benzene rings is 1. The lowest BCUT2D eigenvalue weighted by molar-refractivity contribution is -0.152. The van der Waals surface area contributed by atoms with E-state index in [1.165, 1.54) is 25.8 Å². The van der Waals surface area contributed by atoms with Gasteiger partial charge in [0.15, 0.2) is 5.60 Å². The second kappa shape index (κ2) is 7.72. The molecule has 3 N–H and O–H groups in total. The van der Waals surface area contributed by atoms with Crippen LogP contribution in [0.5, 0.6) is 5.75 Å². The lowest BCUT2D eigenvalue weighted by Gasteiger charge is -2.23. The quantitative estimate of drug-likeness (QED) is 0.309. The average molecular weight is 328 g/mol. The highest BCUT2D eigenvalue weighted by Gasteiger charge is 2.29. The Balaban J connectivity index is 2.72. The minimum atomic E-state index is -1.26. The summed E-state index contributed by atoms with van der Waals surface area (Å²) in [6, 6.07) is 5.59. The van der Waals surface area contributed by atoms with E-state index in [2.05, 4.69) is 4.72 Å². The Bertz CT molecular complexity index is 533. The monoisotopic (exact) mass is 328 g/mol. The van der Waals surface area contributed by atoms with Crippen LogP contribution < -0.4 is 9.46 Å². The first-order valence-corrected chi connectivity index (χ1v) is 8.13. The fourth-order valence-corrected chi connectivity index (χ4v) is 2.83. The Morgan fingerprint density at radius 3 is 2.67 bits per heavy atom. The zero-order valence-electron chi connectivity index (χ0n) is 12.5. The third-order valence-corrected chi connectivity index (χ3v) is 4.42. The molecule has 0 heterocycles. The molecule has 0 bridgehead atoms. The Hall–Kier alpha value is -1.18. The molecule has 0 spiro atoms. The highest BCUT2D eigenvalue weighted by molar-refractivity contribution is 8.14. The van der Waals surface area contributed by atoms with E-state index in [0.717, 1.165) is 10.5 Å². The first kappa shape index (κ1) is 17.9. The van der Waals surface area contributed by atoms with Crippen LogP contribution in [0.1, 0.15) is 19.4 Å². The maximum Gasteiger partial charge on any atom is 0.347 e. The van der Waals surface area contributed by atoms with Gasteiger partial charge in [-0.1, -0.05) is 0 Å². The van der Waals surface area contributed by atoms with Crippen molar-refractivity contribution in [3.05, 3.63) is 23.8 Å². The van der Waals surface area contributed by atoms with Crippen LogP contribution in [0.2, 0.25) is 0 Å². The standard InChI is InChI=1S/C14H20N2O3S2/c1-9-7-10(20-8-12(15)21-16-4)5-6-11(9)19-14(2,3)13(17)18/h5-7,15-16H,8H2,1-4H3,(H,17,18). The Morgan fingerprint density at radius 1 is 1.48 bits per heavy atom. The summed E-state index contributed by atoms with van der Waals surface area (Å²) in [5.41, 5.74) is -0.382. The van der Waals surface area contributed by atoms with Crippen molar-refractivity contribution in [3.8, 4) is 5.75 Å².